The van der Waals surface area contributed by atoms with Gasteiger partial charge in [-0.05, 0) is 13.8 Å². The molecule has 0 aliphatic heterocycles. The molecule has 0 aliphatic carbocycles. The van der Waals surface area contributed by atoms with Gasteiger partial charge in [0.15, 0.2) is 10.0 Å². The summed E-state index contributed by atoms with van der Waals surface area (Å²) >= 11 is 3.11. The lowest BCUT2D eigenvalue weighted by atomic mass is 10.1. The number of benzene rings is 1. The SMILES string of the molecule is Cc1nc(-c2nnc(-c3c(-c4ccccc4)noc3C)s2)cs1. The zero-order valence-corrected chi connectivity index (χ0v) is 14.1. The first-order valence-electron chi connectivity index (χ1n) is 7.00. The number of hydrogen-bond acceptors (Lipinski definition) is 7. The first kappa shape index (κ1) is 14.2. The standard InChI is InChI=1S/C16H12N4OS2/c1-9-13(14(20-21-9)11-6-4-3-5-7-11)16-19-18-15(23-16)12-8-22-10(2)17-12/h3-8H,1-2H3. The molecule has 0 aliphatic rings. The highest BCUT2D eigenvalue weighted by Gasteiger charge is 2.21. The molecule has 0 fully saturated rings. The second-order valence-electron chi connectivity index (χ2n) is 4.99. The molecule has 0 atom stereocenters. The van der Waals surface area contributed by atoms with Crippen LogP contribution in [0.4, 0.5) is 0 Å². The van der Waals surface area contributed by atoms with E-state index in [2.05, 4.69) is 20.3 Å². The third-order valence-electron chi connectivity index (χ3n) is 3.39. The number of rotatable bonds is 3. The van der Waals surface area contributed by atoms with Crippen LogP contribution >= 0.6 is 22.7 Å². The molecule has 0 bridgehead atoms. The van der Waals surface area contributed by atoms with E-state index < -0.39 is 0 Å². The largest absolute Gasteiger partial charge is 0.360 e. The summed E-state index contributed by atoms with van der Waals surface area (Å²) in [6, 6.07) is 9.95. The van der Waals surface area contributed by atoms with Crippen LogP contribution in [0.2, 0.25) is 0 Å². The number of hydrogen-bond donors (Lipinski definition) is 0. The highest BCUT2D eigenvalue weighted by Crippen LogP contribution is 2.37. The lowest BCUT2D eigenvalue weighted by Gasteiger charge is -1.98. The Morgan fingerprint density at radius 1 is 1.00 bits per heavy atom. The van der Waals surface area contributed by atoms with Crippen LogP contribution in [-0.4, -0.2) is 20.3 Å². The number of thiazole rings is 1. The summed E-state index contributed by atoms with van der Waals surface area (Å²) in [7, 11) is 0. The fraction of sp³-hybridized carbons (Fsp3) is 0.125. The van der Waals surface area contributed by atoms with Crippen LogP contribution in [0.5, 0.6) is 0 Å². The minimum atomic E-state index is 0.737. The average molecular weight is 340 g/mol. The van der Waals surface area contributed by atoms with Crippen molar-refractivity contribution >= 4 is 22.7 Å². The number of aromatic nitrogens is 4. The minimum Gasteiger partial charge on any atom is -0.360 e. The van der Waals surface area contributed by atoms with Crippen molar-refractivity contribution in [2.75, 3.05) is 0 Å². The van der Waals surface area contributed by atoms with Gasteiger partial charge in [0.2, 0.25) is 0 Å². The maximum Gasteiger partial charge on any atom is 0.167 e. The van der Waals surface area contributed by atoms with E-state index >= 15 is 0 Å². The predicted molar refractivity (Wildman–Crippen MR) is 91.4 cm³/mol. The van der Waals surface area contributed by atoms with Crippen LogP contribution in [0.3, 0.4) is 0 Å². The van der Waals surface area contributed by atoms with Gasteiger partial charge in [-0.25, -0.2) is 4.98 Å². The molecule has 0 saturated carbocycles. The molecule has 3 heterocycles. The number of aryl methyl sites for hydroxylation is 2. The second kappa shape index (κ2) is 5.68. The first-order valence-corrected chi connectivity index (χ1v) is 8.70. The summed E-state index contributed by atoms with van der Waals surface area (Å²) in [5.41, 5.74) is 3.55. The summed E-state index contributed by atoms with van der Waals surface area (Å²) in [6.07, 6.45) is 0. The molecule has 3 aromatic heterocycles. The molecule has 4 rings (SSSR count). The summed E-state index contributed by atoms with van der Waals surface area (Å²) in [4.78, 5) is 4.47. The minimum absolute atomic E-state index is 0.737. The quantitative estimate of drug-likeness (QED) is 0.545. The van der Waals surface area contributed by atoms with E-state index in [0.29, 0.717) is 0 Å². The Balaban J connectivity index is 1.80. The van der Waals surface area contributed by atoms with E-state index in [0.717, 1.165) is 43.3 Å². The van der Waals surface area contributed by atoms with Crippen LogP contribution in [0, 0.1) is 13.8 Å². The molecule has 114 valence electrons. The highest BCUT2D eigenvalue weighted by atomic mass is 32.1. The Morgan fingerprint density at radius 3 is 2.52 bits per heavy atom. The summed E-state index contributed by atoms with van der Waals surface area (Å²) in [5, 5.41) is 17.4. The van der Waals surface area contributed by atoms with Crippen LogP contribution < -0.4 is 0 Å². The maximum absolute atomic E-state index is 5.40. The Morgan fingerprint density at radius 2 is 1.78 bits per heavy atom. The Labute approximate surface area is 140 Å². The molecular formula is C16H12N4OS2. The third kappa shape index (κ3) is 2.58. The highest BCUT2D eigenvalue weighted by molar-refractivity contribution is 7.18. The van der Waals surface area contributed by atoms with E-state index in [9.17, 15) is 0 Å². The van der Waals surface area contributed by atoms with E-state index in [1.165, 1.54) is 11.3 Å². The summed E-state index contributed by atoms with van der Waals surface area (Å²) in [6.45, 7) is 3.87. The van der Waals surface area contributed by atoms with Crippen molar-refractivity contribution in [3.63, 3.8) is 0 Å². The van der Waals surface area contributed by atoms with Crippen LogP contribution in [0.25, 0.3) is 32.5 Å². The molecule has 4 aromatic rings. The molecule has 0 spiro atoms. The molecule has 5 nitrogen and oxygen atoms in total. The van der Waals surface area contributed by atoms with Gasteiger partial charge in [-0.15, -0.1) is 21.5 Å². The van der Waals surface area contributed by atoms with Gasteiger partial charge in [-0.3, -0.25) is 0 Å². The molecule has 0 amide bonds. The Hall–Kier alpha value is -2.38. The molecule has 0 saturated heterocycles. The van der Waals surface area contributed by atoms with Gasteiger partial charge in [0.25, 0.3) is 0 Å². The molecule has 0 N–H and O–H groups in total. The monoisotopic (exact) mass is 340 g/mol. The summed E-state index contributed by atoms with van der Waals surface area (Å²) in [5.74, 6) is 0.737. The van der Waals surface area contributed by atoms with Gasteiger partial charge in [0, 0.05) is 10.9 Å². The van der Waals surface area contributed by atoms with Crippen molar-refractivity contribution in [1.82, 2.24) is 20.3 Å². The smallest absolute Gasteiger partial charge is 0.167 e. The number of nitrogens with zero attached hydrogens (tertiary/aromatic N) is 4. The fourth-order valence-electron chi connectivity index (χ4n) is 2.31. The fourth-order valence-corrected chi connectivity index (χ4v) is 3.88. The van der Waals surface area contributed by atoms with E-state index in [4.69, 9.17) is 4.52 Å². The lowest BCUT2D eigenvalue weighted by molar-refractivity contribution is 0.400. The molecule has 23 heavy (non-hydrogen) atoms. The van der Waals surface area contributed by atoms with Crippen LogP contribution in [0.1, 0.15) is 10.8 Å². The predicted octanol–water partition coefficient (Wildman–Crippen LogP) is 4.60. The zero-order chi connectivity index (χ0) is 15.8. The third-order valence-corrected chi connectivity index (χ3v) is 5.12. The van der Waals surface area contributed by atoms with E-state index in [1.54, 1.807) is 11.3 Å². The topological polar surface area (TPSA) is 64.7 Å². The average Bonchev–Trinajstić information content (AvgIpc) is 3.27. The Bertz CT molecular complexity index is 956. The molecule has 0 unspecified atom stereocenters. The van der Waals surface area contributed by atoms with Gasteiger partial charge in [-0.2, -0.15) is 0 Å². The van der Waals surface area contributed by atoms with Crippen molar-refractivity contribution in [2.24, 2.45) is 0 Å². The van der Waals surface area contributed by atoms with Crippen LogP contribution in [-0.2, 0) is 0 Å². The molecule has 7 heteroatoms. The zero-order valence-electron chi connectivity index (χ0n) is 12.5. The normalized spacial score (nSPS) is 11.0. The van der Waals surface area contributed by atoms with Crippen LogP contribution in [0.15, 0.2) is 40.2 Å². The van der Waals surface area contributed by atoms with Crippen molar-refractivity contribution in [2.45, 2.75) is 13.8 Å². The van der Waals surface area contributed by atoms with E-state index in [-0.39, 0.29) is 0 Å². The van der Waals surface area contributed by atoms with Crippen molar-refractivity contribution in [1.29, 1.82) is 0 Å². The lowest BCUT2D eigenvalue weighted by Crippen LogP contribution is -1.83. The molecular weight excluding hydrogens is 328 g/mol. The van der Waals surface area contributed by atoms with Gasteiger partial charge in [0.05, 0.1) is 10.6 Å². The van der Waals surface area contributed by atoms with Gasteiger partial charge in [0.1, 0.15) is 17.1 Å². The van der Waals surface area contributed by atoms with Gasteiger partial charge in [-0.1, -0.05) is 46.8 Å². The second-order valence-corrected chi connectivity index (χ2v) is 7.03. The van der Waals surface area contributed by atoms with Gasteiger partial charge >= 0.3 is 0 Å². The molecule has 1 aromatic carbocycles. The Kier molecular flexibility index (Phi) is 3.51. The first-order chi connectivity index (χ1) is 11.2. The van der Waals surface area contributed by atoms with Crippen molar-refractivity contribution in [3.8, 4) is 32.5 Å². The maximum atomic E-state index is 5.40. The summed E-state index contributed by atoms with van der Waals surface area (Å²) < 4.78 is 5.40. The van der Waals surface area contributed by atoms with Crippen molar-refractivity contribution in [3.05, 3.63) is 46.5 Å². The van der Waals surface area contributed by atoms with E-state index in [1.807, 2.05) is 49.6 Å². The van der Waals surface area contributed by atoms with Crippen molar-refractivity contribution < 1.29 is 4.52 Å². The molecule has 0 radical (unpaired) electrons. The van der Waals surface area contributed by atoms with Gasteiger partial charge < -0.3 is 4.52 Å².